The zero-order valence-electron chi connectivity index (χ0n) is 12.5. The number of hydrogen-bond acceptors (Lipinski definition) is 5. The van der Waals surface area contributed by atoms with Crippen LogP contribution in [0, 0.1) is 11.8 Å². The maximum atomic E-state index is 12.2. The molecule has 4 N–H and O–H groups in total. The van der Waals surface area contributed by atoms with Crippen molar-refractivity contribution in [3.8, 4) is 0 Å². The van der Waals surface area contributed by atoms with Crippen LogP contribution >= 0.6 is 11.5 Å². The lowest BCUT2D eigenvalue weighted by Crippen LogP contribution is -2.27. The van der Waals surface area contributed by atoms with E-state index in [0.29, 0.717) is 23.3 Å². The fraction of sp³-hybridized carbons (Fsp3) is 0.733. The van der Waals surface area contributed by atoms with Gasteiger partial charge in [0.15, 0.2) is 5.82 Å². The van der Waals surface area contributed by atoms with Crippen LogP contribution in [0.15, 0.2) is 0 Å². The summed E-state index contributed by atoms with van der Waals surface area (Å²) in [6.07, 6.45) is 7.35. The van der Waals surface area contributed by atoms with E-state index in [0.717, 1.165) is 30.3 Å². The van der Waals surface area contributed by atoms with E-state index in [1.807, 2.05) is 0 Å². The number of nitrogens with zero attached hydrogens (tertiary/aromatic N) is 1. The van der Waals surface area contributed by atoms with E-state index in [1.54, 1.807) is 0 Å². The van der Waals surface area contributed by atoms with Gasteiger partial charge in [-0.25, -0.2) is 0 Å². The second-order valence-corrected chi connectivity index (χ2v) is 7.31. The van der Waals surface area contributed by atoms with Crippen molar-refractivity contribution >= 4 is 28.3 Å². The van der Waals surface area contributed by atoms with Crippen LogP contribution in [-0.2, 0) is 0 Å². The summed E-state index contributed by atoms with van der Waals surface area (Å²) in [7, 11) is 0. The van der Waals surface area contributed by atoms with Gasteiger partial charge in [-0.15, -0.1) is 0 Å². The van der Waals surface area contributed by atoms with Gasteiger partial charge in [-0.1, -0.05) is 19.8 Å². The Balaban J connectivity index is 1.60. The number of nitrogen functional groups attached to an aromatic ring is 1. The van der Waals surface area contributed by atoms with E-state index in [2.05, 4.69) is 21.9 Å². The number of carbonyl (C=O) groups is 1. The Morgan fingerprint density at radius 1 is 1.38 bits per heavy atom. The molecular weight excluding hydrogens is 284 g/mol. The lowest BCUT2D eigenvalue weighted by Gasteiger charge is -2.26. The second kappa shape index (κ2) is 6.22. The Kier molecular flexibility index (Phi) is 4.33. The van der Waals surface area contributed by atoms with E-state index in [1.165, 1.54) is 37.2 Å². The first kappa shape index (κ1) is 14.6. The van der Waals surface area contributed by atoms with Crippen LogP contribution in [-0.4, -0.2) is 22.9 Å². The Labute approximate surface area is 129 Å². The summed E-state index contributed by atoms with van der Waals surface area (Å²) >= 11 is 1.29. The molecule has 3 rings (SSSR count). The van der Waals surface area contributed by atoms with E-state index >= 15 is 0 Å². The van der Waals surface area contributed by atoms with Crippen molar-refractivity contribution in [2.75, 3.05) is 17.6 Å². The highest BCUT2D eigenvalue weighted by atomic mass is 32.1. The quantitative estimate of drug-likeness (QED) is 0.781. The van der Waals surface area contributed by atoms with Crippen molar-refractivity contribution < 1.29 is 4.79 Å². The number of hydrogen-bond donors (Lipinski definition) is 3. The minimum absolute atomic E-state index is 0.0803. The van der Waals surface area contributed by atoms with Crippen LogP contribution in [0.4, 0.5) is 10.8 Å². The van der Waals surface area contributed by atoms with Crippen molar-refractivity contribution in [3.63, 3.8) is 0 Å². The van der Waals surface area contributed by atoms with Crippen molar-refractivity contribution in [1.29, 1.82) is 0 Å². The minimum atomic E-state index is -0.0803. The molecule has 0 saturated heterocycles. The van der Waals surface area contributed by atoms with Gasteiger partial charge in [-0.05, 0) is 49.1 Å². The van der Waals surface area contributed by atoms with Gasteiger partial charge in [0.2, 0.25) is 0 Å². The maximum absolute atomic E-state index is 12.2. The summed E-state index contributed by atoms with van der Waals surface area (Å²) in [4.78, 5) is 12.2. The Hall–Kier alpha value is -1.30. The van der Waals surface area contributed by atoms with Gasteiger partial charge < -0.3 is 16.4 Å². The third-order valence-electron chi connectivity index (χ3n) is 4.45. The highest BCUT2D eigenvalue weighted by Gasteiger charge is 2.28. The molecule has 1 aromatic rings. The molecule has 21 heavy (non-hydrogen) atoms. The molecule has 2 fully saturated rings. The fourth-order valence-corrected chi connectivity index (χ4v) is 3.83. The van der Waals surface area contributed by atoms with Crippen molar-refractivity contribution in [3.05, 3.63) is 5.56 Å². The summed E-state index contributed by atoms with van der Waals surface area (Å²) in [5, 5.41) is 7.23. The van der Waals surface area contributed by atoms with Crippen LogP contribution in [0.2, 0.25) is 0 Å². The van der Waals surface area contributed by atoms with Crippen molar-refractivity contribution in [2.24, 2.45) is 11.8 Å². The van der Waals surface area contributed by atoms with E-state index in [4.69, 9.17) is 5.73 Å². The van der Waals surface area contributed by atoms with Gasteiger partial charge in [-0.2, -0.15) is 4.37 Å². The highest BCUT2D eigenvalue weighted by Crippen LogP contribution is 2.32. The van der Waals surface area contributed by atoms with Gasteiger partial charge >= 0.3 is 0 Å². The molecule has 5 nitrogen and oxygen atoms in total. The van der Waals surface area contributed by atoms with Crippen LogP contribution < -0.4 is 16.4 Å². The van der Waals surface area contributed by atoms with Crippen LogP contribution in [0.1, 0.15) is 55.8 Å². The van der Waals surface area contributed by atoms with Crippen molar-refractivity contribution in [1.82, 2.24) is 9.69 Å². The Bertz CT molecular complexity index is 512. The first-order valence-electron chi connectivity index (χ1n) is 7.93. The zero-order valence-corrected chi connectivity index (χ0v) is 13.3. The van der Waals surface area contributed by atoms with Gasteiger partial charge in [0, 0.05) is 12.6 Å². The molecule has 1 aromatic heterocycles. The number of aromatic nitrogens is 1. The van der Waals surface area contributed by atoms with Crippen LogP contribution in [0.5, 0.6) is 0 Å². The van der Waals surface area contributed by atoms with Crippen LogP contribution in [0.25, 0.3) is 0 Å². The number of nitrogens with two attached hydrogens (primary N) is 1. The first-order valence-corrected chi connectivity index (χ1v) is 8.70. The molecule has 1 amide bonds. The topological polar surface area (TPSA) is 80.0 Å². The molecule has 0 bridgehead atoms. The number of rotatable bonds is 5. The molecule has 1 heterocycles. The fourth-order valence-electron chi connectivity index (χ4n) is 3.11. The molecule has 2 aliphatic rings. The average molecular weight is 308 g/mol. The van der Waals surface area contributed by atoms with E-state index in [9.17, 15) is 4.79 Å². The van der Waals surface area contributed by atoms with E-state index < -0.39 is 0 Å². The molecule has 2 saturated carbocycles. The molecule has 2 unspecified atom stereocenters. The number of anilines is 2. The molecule has 0 spiro atoms. The Morgan fingerprint density at radius 3 is 2.90 bits per heavy atom. The van der Waals surface area contributed by atoms with Crippen molar-refractivity contribution in [2.45, 2.75) is 51.5 Å². The minimum Gasteiger partial charge on any atom is -0.382 e. The average Bonchev–Trinajstić information content (AvgIpc) is 3.18. The normalized spacial score (nSPS) is 25.6. The summed E-state index contributed by atoms with van der Waals surface area (Å²) in [6, 6.07) is 0.337. The molecule has 0 aromatic carbocycles. The summed E-state index contributed by atoms with van der Waals surface area (Å²) < 4.78 is 4.14. The monoisotopic (exact) mass is 308 g/mol. The maximum Gasteiger partial charge on any atom is 0.258 e. The molecule has 2 atom stereocenters. The predicted octanol–water partition coefficient (Wildman–Crippen LogP) is 2.86. The summed E-state index contributed by atoms with van der Waals surface area (Å²) in [5.41, 5.74) is 6.41. The SMILES string of the molecule is CC1CCCC(CNc2snc(N)c2C(=O)NC2CC2)C1. The third-order valence-corrected chi connectivity index (χ3v) is 5.27. The molecule has 0 aliphatic heterocycles. The highest BCUT2D eigenvalue weighted by molar-refractivity contribution is 7.11. The lowest BCUT2D eigenvalue weighted by atomic mass is 9.82. The van der Waals surface area contributed by atoms with Gasteiger partial charge in [0.25, 0.3) is 5.91 Å². The molecular formula is C15H24N4OS. The number of carbonyl (C=O) groups excluding carboxylic acids is 1. The molecule has 2 aliphatic carbocycles. The number of amides is 1. The third kappa shape index (κ3) is 3.67. The Morgan fingerprint density at radius 2 is 2.19 bits per heavy atom. The largest absolute Gasteiger partial charge is 0.382 e. The predicted molar refractivity (Wildman–Crippen MR) is 86.6 cm³/mol. The second-order valence-electron chi connectivity index (χ2n) is 6.54. The first-order chi connectivity index (χ1) is 10.1. The van der Waals surface area contributed by atoms with Gasteiger partial charge in [0.1, 0.15) is 10.6 Å². The molecule has 0 radical (unpaired) electrons. The van der Waals surface area contributed by atoms with Gasteiger partial charge in [-0.3, -0.25) is 4.79 Å². The van der Waals surface area contributed by atoms with E-state index in [-0.39, 0.29) is 5.91 Å². The summed E-state index contributed by atoms with van der Waals surface area (Å²) in [5.74, 6) is 1.77. The molecule has 116 valence electrons. The smallest absolute Gasteiger partial charge is 0.258 e. The van der Waals surface area contributed by atoms with Crippen LogP contribution in [0.3, 0.4) is 0 Å². The number of nitrogens with one attached hydrogen (secondary N) is 2. The molecule has 6 heteroatoms. The van der Waals surface area contributed by atoms with Gasteiger partial charge in [0.05, 0.1) is 0 Å². The lowest BCUT2D eigenvalue weighted by molar-refractivity contribution is 0.0953. The summed E-state index contributed by atoms with van der Waals surface area (Å²) in [6.45, 7) is 3.24. The zero-order chi connectivity index (χ0) is 14.8. The standard InChI is InChI=1S/C15H24N4OS/c1-9-3-2-4-10(7-9)8-17-15-12(13(16)19-21-15)14(20)18-11-5-6-11/h9-11,17H,2-8H2,1H3,(H2,16,19)(H,18,20).